The van der Waals surface area contributed by atoms with Gasteiger partial charge in [-0.1, -0.05) is 20.8 Å². The first-order valence-corrected chi connectivity index (χ1v) is 13.7. The first kappa shape index (κ1) is 25.5. The van der Waals surface area contributed by atoms with Gasteiger partial charge < -0.3 is 15.2 Å². The summed E-state index contributed by atoms with van der Waals surface area (Å²) in [6.07, 6.45) is 4.93. The van der Waals surface area contributed by atoms with Gasteiger partial charge in [0.05, 0.1) is 21.4 Å². The lowest BCUT2D eigenvalue weighted by molar-refractivity contribution is 0.0787. The third-order valence-corrected chi connectivity index (χ3v) is 8.41. The average Bonchev–Trinajstić information content (AvgIpc) is 3.23. The highest BCUT2D eigenvalue weighted by Gasteiger charge is 2.27. The van der Waals surface area contributed by atoms with Gasteiger partial charge in [0.25, 0.3) is 0 Å². The normalized spacial score (nSPS) is 18.9. The summed E-state index contributed by atoms with van der Waals surface area (Å²) in [6, 6.07) is 5.20. The molecule has 0 unspecified atom stereocenters. The number of carbonyl (C=O) groups is 1. The zero-order chi connectivity index (χ0) is 24.0. The van der Waals surface area contributed by atoms with Crippen LogP contribution in [-0.2, 0) is 14.8 Å². The molecule has 182 valence electrons. The van der Waals surface area contributed by atoms with Gasteiger partial charge in [-0.25, -0.2) is 22.9 Å². The van der Waals surface area contributed by atoms with E-state index >= 15 is 0 Å². The van der Waals surface area contributed by atoms with Crippen molar-refractivity contribution < 1.29 is 22.7 Å². The van der Waals surface area contributed by atoms with Gasteiger partial charge >= 0.3 is 6.09 Å². The Kier molecular flexibility index (Phi) is 8.72. The predicted molar refractivity (Wildman–Crippen MR) is 129 cm³/mol. The summed E-state index contributed by atoms with van der Waals surface area (Å²) >= 11 is 1.51. The van der Waals surface area contributed by atoms with Crippen molar-refractivity contribution in [1.29, 1.82) is 0 Å². The van der Waals surface area contributed by atoms with Gasteiger partial charge in [0.15, 0.2) is 0 Å². The Morgan fingerprint density at radius 2 is 2.00 bits per heavy atom. The molecule has 1 aliphatic rings. The number of thiazole rings is 1. The van der Waals surface area contributed by atoms with Crippen LogP contribution in [0.2, 0.25) is 0 Å². The fourth-order valence-electron chi connectivity index (χ4n) is 3.89. The highest BCUT2D eigenvalue weighted by Crippen LogP contribution is 2.40. The summed E-state index contributed by atoms with van der Waals surface area (Å²) in [5, 5.41) is 0.964. The van der Waals surface area contributed by atoms with Crippen molar-refractivity contribution in [2.24, 2.45) is 11.7 Å². The van der Waals surface area contributed by atoms with Crippen LogP contribution < -0.4 is 15.2 Å². The molecule has 1 amide bonds. The molecule has 3 N–H and O–H groups in total. The number of amides is 1. The third-order valence-electron chi connectivity index (χ3n) is 5.64. The smallest absolute Gasteiger partial charge is 0.404 e. The number of aromatic nitrogens is 1. The molecular formula is C23H33N3O5S2. The first-order valence-electron chi connectivity index (χ1n) is 11.4. The van der Waals surface area contributed by atoms with E-state index in [2.05, 4.69) is 23.6 Å². The van der Waals surface area contributed by atoms with E-state index in [1.54, 1.807) is 25.3 Å². The van der Waals surface area contributed by atoms with E-state index in [4.69, 9.17) is 15.2 Å². The van der Waals surface area contributed by atoms with Crippen LogP contribution in [0.25, 0.3) is 10.4 Å². The lowest BCUT2D eigenvalue weighted by atomic mass is 9.88. The molecule has 0 bridgehead atoms. The second-order valence-electron chi connectivity index (χ2n) is 8.66. The van der Waals surface area contributed by atoms with Crippen LogP contribution in [-0.4, -0.2) is 38.8 Å². The highest BCUT2D eigenvalue weighted by atomic mass is 32.2. The molecule has 33 heavy (non-hydrogen) atoms. The predicted octanol–water partition coefficient (Wildman–Crippen LogP) is 4.65. The minimum atomic E-state index is -3.70. The van der Waals surface area contributed by atoms with E-state index in [0.717, 1.165) is 42.0 Å². The van der Waals surface area contributed by atoms with Crippen molar-refractivity contribution >= 4 is 27.5 Å². The molecule has 1 aromatic heterocycles. The van der Waals surface area contributed by atoms with Crippen molar-refractivity contribution in [1.82, 2.24) is 9.71 Å². The summed E-state index contributed by atoms with van der Waals surface area (Å²) in [5.74, 6) is 1.29. The van der Waals surface area contributed by atoms with Gasteiger partial charge in [0.2, 0.25) is 10.0 Å². The second-order valence-corrected chi connectivity index (χ2v) is 11.5. The first-order chi connectivity index (χ1) is 15.7. The quantitative estimate of drug-likeness (QED) is 0.495. The second kappa shape index (κ2) is 11.3. The topological polar surface area (TPSA) is 121 Å². The van der Waals surface area contributed by atoms with Crippen molar-refractivity contribution in [3.63, 3.8) is 0 Å². The Hall–Kier alpha value is -2.17. The Labute approximate surface area is 199 Å². The number of ether oxygens (including phenoxy) is 2. The molecule has 2 aromatic rings. The molecule has 0 spiro atoms. The van der Waals surface area contributed by atoms with E-state index in [-0.39, 0.29) is 16.9 Å². The summed E-state index contributed by atoms with van der Waals surface area (Å²) in [5.41, 5.74) is 5.74. The number of primary amides is 1. The Morgan fingerprint density at radius 3 is 2.64 bits per heavy atom. The van der Waals surface area contributed by atoms with Crippen LogP contribution >= 0.6 is 11.3 Å². The summed E-state index contributed by atoms with van der Waals surface area (Å²) < 4.78 is 39.4. The molecule has 1 aliphatic carbocycles. The molecule has 1 fully saturated rings. The van der Waals surface area contributed by atoms with E-state index in [9.17, 15) is 13.2 Å². The number of hydrogen-bond donors (Lipinski definition) is 2. The van der Waals surface area contributed by atoms with Gasteiger partial charge in [0, 0.05) is 30.3 Å². The molecule has 0 radical (unpaired) electrons. The standard InChI is InChI=1S/C23H33N3O5S2/c1-4-26-33(28,29)21-13-18(30-12-11-15(2)3)9-10-19(21)20-14-25-22(32-20)16-5-7-17(8-6-16)31-23(24)27/h9-10,13-17,26H,4-8,11-12H2,1-3H3,(H2,24,27). The van der Waals surface area contributed by atoms with Crippen molar-refractivity contribution in [3.8, 4) is 16.2 Å². The Balaban J connectivity index is 1.82. The third kappa shape index (κ3) is 6.91. The molecule has 0 aliphatic heterocycles. The molecule has 8 nitrogen and oxygen atoms in total. The maximum absolute atomic E-state index is 13.0. The van der Waals surface area contributed by atoms with Gasteiger partial charge in [-0.2, -0.15) is 0 Å². The van der Waals surface area contributed by atoms with E-state index in [1.807, 2.05) is 6.07 Å². The number of nitrogens with one attached hydrogen (secondary N) is 1. The van der Waals surface area contributed by atoms with Crippen LogP contribution in [0.15, 0.2) is 29.3 Å². The van der Waals surface area contributed by atoms with Gasteiger partial charge in [0.1, 0.15) is 11.9 Å². The summed E-state index contributed by atoms with van der Waals surface area (Å²) in [6.45, 7) is 6.82. The number of sulfonamides is 1. The van der Waals surface area contributed by atoms with E-state index in [0.29, 0.717) is 30.4 Å². The molecule has 3 rings (SSSR count). The number of carbonyl (C=O) groups excluding carboxylic acids is 1. The fraction of sp³-hybridized carbons (Fsp3) is 0.565. The maximum Gasteiger partial charge on any atom is 0.404 e. The Bertz CT molecular complexity index is 1040. The minimum absolute atomic E-state index is 0.140. The molecular weight excluding hydrogens is 462 g/mol. The van der Waals surface area contributed by atoms with Crippen LogP contribution in [0, 0.1) is 5.92 Å². The van der Waals surface area contributed by atoms with E-state index < -0.39 is 16.1 Å². The van der Waals surface area contributed by atoms with Gasteiger partial charge in [-0.3, -0.25) is 0 Å². The number of rotatable bonds is 10. The van der Waals surface area contributed by atoms with Gasteiger partial charge in [-0.05, 0) is 50.2 Å². The van der Waals surface area contributed by atoms with Crippen LogP contribution in [0.1, 0.15) is 63.8 Å². The van der Waals surface area contributed by atoms with Crippen molar-refractivity contribution in [2.45, 2.75) is 69.8 Å². The van der Waals surface area contributed by atoms with E-state index in [1.165, 1.54) is 11.3 Å². The molecule has 1 aromatic carbocycles. The summed E-state index contributed by atoms with van der Waals surface area (Å²) in [4.78, 5) is 16.6. The summed E-state index contributed by atoms with van der Waals surface area (Å²) in [7, 11) is -3.70. The van der Waals surface area contributed by atoms with Crippen molar-refractivity contribution in [2.75, 3.05) is 13.2 Å². The molecule has 1 heterocycles. The van der Waals surface area contributed by atoms with Crippen molar-refractivity contribution in [3.05, 3.63) is 29.4 Å². The zero-order valence-electron chi connectivity index (χ0n) is 19.4. The molecule has 0 saturated heterocycles. The number of nitrogens with two attached hydrogens (primary N) is 1. The van der Waals surface area contributed by atoms with Crippen LogP contribution in [0.3, 0.4) is 0 Å². The number of nitrogens with zero attached hydrogens (tertiary/aromatic N) is 1. The van der Waals surface area contributed by atoms with Crippen LogP contribution in [0.5, 0.6) is 5.75 Å². The number of hydrogen-bond acceptors (Lipinski definition) is 7. The largest absolute Gasteiger partial charge is 0.494 e. The lowest BCUT2D eigenvalue weighted by Gasteiger charge is -2.26. The van der Waals surface area contributed by atoms with Crippen LogP contribution in [0.4, 0.5) is 4.79 Å². The minimum Gasteiger partial charge on any atom is -0.494 e. The Morgan fingerprint density at radius 1 is 1.27 bits per heavy atom. The SMILES string of the molecule is CCNS(=O)(=O)c1cc(OCCC(C)C)ccc1-c1cnc(C2CCC(OC(N)=O)CC2)s1. The molecule has 10 heteroatoms. The molecule has 1 saturated carbocycles. The van der Waals surface area contributed by atoms with Gasteiger partial charge in [-0.15, -0.1) is 11.3 Å². The zero-order valence-corrected chi connectivity index (χ0v) is 21.0. The lowest BCUT2D eigenvalue weighted by Crippen LogP contribution is -2.26. The fourth-order valence-corrected chi connectivity index (χ4v) is 6.36. The monoisotopic (exact) mass is 495 g/mol. The highest BCUT2D eigenvalue weighted by molar-refractivity contribution is 7.89. The molecule has 0 atom stereocenters. The number of benzene rings is 1. The maximum atomic E-state index is 13.0. The average molecular weight is 496 g/mol.